The maximum atomic E-state index is 11.8. The number of piperidine rings is 1. The van der Waals surface area contributed by atoms with Gasteiger partial charge in [-0.2, -0.15) is 0 Å². The molecule has 5 heteroatoms. The summed E-state index contributed by atoms with van der Waals surface area (Å²) < 4.78 is 5.02. The van der Waals surface area contributed by atoms with Gasteiger partial charge < -0.3 is 15.4 Å². The third kappa shape index (κ3) is 4.64. The quantitative estimate of drug-likeness (QED) is 0.691. The van der Waals surface area contributed by atoms with Gasteiger partial charge in [-0.25, -0.2) is 0 Å². The van der Waals surface area contributed by atoms with Crippen molar-refractivity contribution in [3.8, 4) is 0 Å². The van der Waals surface area contributed by atoms with Crippen molar-refractivity contribution < 1.29 is 14.3 Å². The van der Waals surface area contributed by atoms with Gasteiger partial charge in [-0.05, 0) is 45.2 Å². The summed E-state index contributed by atoms with van der Waals surface area (Å²) in [7, 11) is 0. The summed E-state index contributed by atoms with van der Waals surface area (Å²) in [5.41, 5.74) is -0.225. The first-order valence-electron chi connectivity index (χ1n) is 6.75. The molecule has 0 aromatic rings. The van der Waals surface area contributed by atoms with Crippen molar-refractivity contribution in [2.75, 3.05) is 26.2 Å². The number of hydrogen-bond donors (Lipinski definition) is 2. The summed E-state index contributed by atoms with van der Waals surface area (Å²) in [6, 6.07) is 0. The number of carbonyl (C=O) groups excluding carboxylic acids is 2. The molecule has 1 amide bonds. The number of amides is 1. The molecule has 0 bridgehead atoms. The van der Waals surface area contributed by atoms with Crippen LogP contribution < -0.4 is 10.6 Å². The summed E-state index contributed by atoms with van der Waals surface area (Å²) in [5.74, 6) is -0.160. The largest absolute Gasteiger partial charge is 0.466 e. The van der Waals surface area contributed by atoms with Crippen LogP contribution in [0.1, 0.15) is 39.5 Å². The van der Waals surface area contributed by atoms with Gasteiger partial charge in [0.2, 0.25) is 5.91 Å². The van der Waals surface area contributed by atoms with Gasteiger partial charge >= 0.3 is 5.97 Å². The van der Waals surface area contributed by atoms with Crippen LogP contribution in [-0.2, 0) is 14.3 Å². The summed E-state index contributed by atoms with van der Waals surface area (Å²) >= 11 is 0. The lowest BCUT2D eigenvalue weighted by Gasteiger charge is -2.36. The van der Waals surface area contributed by atoms with Gasteiger partial charge in [-0.3, -0.25) is 9.59 Å². The van der Waals surface area contributed by atoms with Gasteiger partial charge in [0, 0.05) is 13.0 Å². The fraction of sp³-hybridized carbons (Fsp3) is 0.846. The minimum absolute atomic E-state index is 0.0312. The highest BCUT2D eigenvalue weighted by Crippen LogP contribution is 2.36. The van der Waals surface area contributed by atoms with E-state index in [1.807, 2.05) is 6.92 Å². The van der Waals surface area contributed by atoms with E-state index in [1.54, 1.807) is 6.92 Å². The number of nitrogens with one attached hydrogen (secondary N) is 2. The Morgan fingerprint density at radius 1 is 1.22 bits per heavy atom. The molecule has 2 N–H and O–H groups in total. The Labute approximate surface area is 109 Å². The van der Waals surface area contributed by atoms with Gasteiger partial charge in [0.05, 0.1) is 13.0 Å². The molecule has 0 atom stereocenters. The van der Waals surface area contributed by atoms with E-state index in [1.165, 1.54) is 0 Å². The molecule has 0 radical (unpaired) electrons. The highest BCUT2D eigenvalue weighted by atomic mass is 16.5. The average molecular weight is 256 g/mol. The van der Waals surface area contributed by atoms with E-state index in [4.69, 9.17) is 4.74 Å². The minimum Gasteiger partial charge on any atom is -0.466 e. The van der Waals surface area contributed by atoms with Crippen molar-refractivity contribution in [3.05, 3.63) is 0 Å². The molecule has 18 heavy (non-hydrogen) atoms. The van der Waals surface area contributed by atoms with Crippen LogP contribution >= 0.6 is 0 Å². The van der Waals surface area contributed by atoms with E-state index >= 15 is 0 Å². The lowest BCUT2D eigenvalue weighted by molar-refractivity contribution is -0.147. The number of hydrogen-bond acceptors (Lipinski definition) is 4. The molecular formula is C13H24N2O3. The van der Waals surface area contributed by atoms with Crippen molar-refractivity contribution in [2.45, 2.75) is 39.5 Å². The van der Waals surface area contributed by atoms with Crippen LogP contribution in [0.4, 0.5) is 0 Å². The van der Waals surface area contributed by atoms with Crippen molar-refractivity contribution in [1.29, 1.82) is 0 Å². The monoisotopic (exact) mass is 256 g/mol. The first-order valence-corrected chi connectivity index (χ1v) is 6.75. The van der Waals surface area contributed by atoms with Crippen LogP contribution in [0.3, 0.4) is 0 Å². The molecule has 0 unspecified atom stereocenters. The van der Waals surface area contributed by atoms with E-state index in [2.05, 4.69) is 10.6 Å². The van der Waals surface area contributed by atoms with Crippen molar-refractivity contribution in [2.24, 2.45) is 5.41 Å². The third-order valence-corrected chi connectivity index (χ3v) is 3.40. The van der Waals surface area contributed by atoms with Gasteiger partial charge in [0.15, 0.2) is 0 Å². The summed E-state index contributed by atoms with van der Waals surface area (Å²) in [5, 5.41) is 6.08. The van der Waals surface area contributed by atoms with Gasteiger partial charge in [-0.15, -0.1) is 0 Å². The average Bonchev–Trinajstić information content (AvgIpc) is 2.30. The second kappa shape index (κ2) is 7.36. The van der Waals surface area contributed by atoms with E-state index < -0.39 is 0 Å². The molecule has 0 saturated carbocycles. The Morgan fingerprint density at radius 2 is 1.89 bits per heavy atom. The molecule has 5 nitrogen and oxygen atoms in total. The maximum absolute atomic E-state index is 11.8. The summed E-state index contributed by atoms with van der Waals surface area (Å²) in [6.07, 6.45) is 2.47. The lowest BCUT2D eigenvalue weighted by Crippen LogP contribution is -2.42. The highest BCUT2D eigenvalue weighted by Gasteiger charge is 2.36. The van der Waals surface area contributed by atoms with Crippen LogP contribution in [0.15, 0.2) is 0 Å². The SMILES string of the molecule is CCNC(=O)CC1(CC(=O)OCC)CCNCC1. The first-order chi connectivity index (χ1) is 8.62. The van der Waals surface area contributed by atoms with Crippen molar-refractivity contribution in [3.63, 3.8) is 0 Å². The highest BCUT2D eigenvalue weighted by molar-refractivity contribution is 5.78. The molecule has 0 aromatic carbocycles. The Morgan fingerprint density at radius 3 is 2.44 bits per heavy atom. The molecular weight excluding hydrogens is 232 g/mol. The van der Waals surface area contributed by atoms with E-state index in [0.29, 0.717) is 26.0 Å². The number of rotatable bonds is 6. The molecule has 1 fully saturated rings. The van der Waals surface area contributed by atoms with E-state index in [9.17, 15) is 9.59 Å². The number of carbonyl (C=O) groups is 2. The molecule has 0 spiro atoms. The second-order valence-corrected chi connectivity index (χ2v) is 4.86. The Hall–Kier alpha value is -1.10. The first kappa shape index (κ1) is 15.0. The zero-order valence-electron chi connectivity index (χ0n) is 11.4. The Bertz CT molecular complexity index is 264. The molecule has 1 saturated heterocycles. The minimum atomic E-state index is -0.225. The van der Waals surface area contributed by atoms with Crippen molar-refractivity contribution >= 4 is 11.9 Å². The smallest absolute Gasteiger partial charge is 0.306 e. The standard InChI is InChI=1S/C13H24N2O3/c1-3-15-11(16)9-13(5-7-14-8-6-13)10-12(17)18-4-2/h14H,3-10H2,1-2H3,(H,15,16). The molecule has 0 aromatic heterocycles. The van der Waals surface area contributed by atoms with Gasteiger partial charge in [0.1, 0.15) is 0 Å². The summed E-state index contributed by atoms with van der Waals surface area (Å²) in [4.78, 5) is 23.5. The zero-order valence-corrected chi connectivity index (χ0v) is 11.4. The fourth-order valence-corrected chi connectivity index (χ4v) is 2.49. The molecule has 1 rings (SSSR count). The maximum Gasteiger partial charge on any atom is 0.306 e. The predicted octanol–water partition coefficient (Wildman–Crippen LogP) is 0.836. The lowest BCUT2D eigenvalue weighted by atomic mass is 9.73. The van der Waals surface area contributed by atoms with Crippen LogP contribution in [0, 0.1) is 5.41 Å². The molecule has 1 heterocycles. The third-order valence-electron chi connectivity index (χ3n) is 3.40. The van der Waals surface area contributed by atoms with Crippen LogP contribution in [0.25, 0.3) is 0 Å². The molecule has 1 aliphatic heterocycles. The van der Waals surface area contributed by atoms with Crippen LogP contribution in [0.2, 0.25) is 0 Å². The molecule has 0 aliphatic carbocycles. The summed E-state index contributed by atoms with van der Waals surface area (Å²) in [6.45, 7) is 6.45. The topological polar surface area (TPSA) is 67.4 Å². The van der Waals surface area contributed by atoms with Crippen LogP contribution in [-0.4, -0.2) is 38.1 Å². The van der Waals surface area contributed by atoms with Crippen LogP contribution in [0.5, 0.6) is 0 Å². The predicted molar refractivity (Wildman–Crippen MR) is 69.1 cm³/mol. The number of ether oxygens (including phenoxy) is 1. The van der Waals surface area contributed by atoms with Gasteiger partial charge in [0.25, 0.3) is 0 Å². The van der Waals surface area contributed by atoms with E-state index in [-0.39, 0.29) is 17.3 Å². The van der Waals surface area contributed by atoms with E-state index in [0.717, 1.165) is 25.9 Å². The van der Waals surface area contributed by atoms with Crippen molar-refractivity contribution in [1.82, 2.24) is 10.6 Å². The second-order valence-electron chi connectivity index (χ2n) is 4.86. The Balaban J connectivity index is 2.62. The molecule has 104 valence electrons. The Kier molecular flexibility index (Phi) is 6.12. The fourth-order valence-electron chi connectivity index (χ4n) is 2.49. The zero-order chi connectivity index (χ0) is 13.4. The molecule has 1 aliphatic rings. The van der Waals surface area contributed by atoms with Gasteiger partial charge in [-0.1, -0.05) is 0 Å². The number of esters is 1. The normalized spacial score (nSPS) is 18.1.